The van der Waals surface area contributed by atoms with E-state index in [9.17, 15) is 0 Å². The van der Waals surface area contributed by atoms with E-state index in [0.29, 0.717) is 5.41 Å². The predicted octanol–water partition coefficient (Wildman–Crippen LogP) is 4.74. The van der Waals surface area contributed by atoms with Crippen LogP contribution in [0.1, 0.15) is 66.7 Å². The molecule has 2 N–H and O–H groups in total. The molecule has 2 nitrogen and oxygen atoms in total. The van der Waals surface area contributed by atoms with Crippen LogP contribution in [0, 0.1) is 11.3 Å². The number of rotatable bonds is 9. The molecule has 0 rings (SSSR count). The van der Waals surface area contributed by atoms with E-state index in [0.717, 1.165) is 19.1 Å². The summed E-state index contributed by atoms with van der Waals surface area (Å²) in [7, 11) is 0. The zero-order chi connectivity index (χ0) is 14.4. The number of hydrogen-bond donors (Lipinski definition) is 1. The number of ether oxygens (including phenoxy) is 1. The van der Waals surface area contributed by atoms with Gasteiger partial charge in [-0.3, -0.25) is 0 Å². The first kappa shape index (κ1) is 19.8. The lowest BCUT2D eigenvalue weighted by Gasteiger charge is -2.31. The number of nitrogens with two attached hydrogens (primary N) is 1. The first-order valence-corrected chi connectivity index (χ1v) is 7.45. The Hall–Kier alpha value is -0.500. The fourth-order valence-corrected chi connectivity index (χ4v) is 2.04. The quantitative estimate of drug-likeness (QED) is 0.605. The van der Waals surface area contributed by atoms with Crippen molar-refractivity contribution >= 4 is 0 Å². The molecule has 0 bridgehead atoms. The third-order valence-corrected chi connectivity index (χ3v) is 3.93. The van der Waals surface area contributed by atoms with Gasteiger partial charge in [-0.2, -0.15) is 0 Å². The second-order valence-corrected chi connectivity index (χ2v) is 5.20. The van der Waals surface area contributed by atoms with Gasteiger partial charge < -0.3 is 10.5 Å². The van der Waals surface area contributed by atoms with Crippen molar-refractivity contribution in [1.82, 2.24) is 0 Å². The maximum absolute atomic E-state index is 5.61. The molecule has 0 saturated carbocycles. The van der Waals surface area contributed by atoms with E-state index in [1.165, 1.54) is 38.4 Å². The molecule has 0 aliphatic carbocycles. The highest BCUT2D eigenvalue weighted by Crippen LogP contribution is 2.35. The molecule has 0 aromatic rings. The summed E-state index contributed by atoms with van der Waals surface area (Å²) in [4.78, 5) is 0. The Labute approximate surface area is 115 Å². The molecule has 0 radical (unpaired) electrons. The summed E-state index contributed by atoms with van der Waals surface area (Å²) in [5.74, 6) is 0.842. The minimum atomic E-state index is 0.551. The standard InChI is InChI=1S/C12H27N.C4H8O/c1-5-11(8-9-13)10-12(4,6-2)7-3;1-3-5-4-2/h11H,5-10,13H2,1-4H3;3H,1,4H2,2H3. The van der Waals surface area contributed by atoms with Gasteiger partial charge in [0.1, 0.15) is 0 Å². The third kappa shape index (κ3) is 10.6. The molecular weight excluding hydrogens is 222 g/mol. The molecule has 0 saturated heterocycles. The summed E-state index contributed by atoms with van der Waals surface area (Å²) < 4.78 is 4.60. The summed E-state index contributed by atoms with van der Waals surface area (Å²) in [6, 6.07) is 0. The smallest absolute Gasteiger partial charge is 0.0844 e. The van der Waals surface area contributed by atoms with Gasteiger partial charge in [-0.1, -0.05) is 53.5 Å². The SMILES string of the molecule is C=COCC.CCC(CCN)CC(C)(CC)CC. The van der Waals surface area contributed by atoms with Crippen LogP contribution >= 0.6 is 0 Å². The molecule has 2 heteroatoms. The average Bonchev–Trinajstić information content (AvgIpc) is 2.39. The van der Waals surface area contributed by atoms with Gasteiger partial charge in [-0.05, 0) is 37.6 Å². The molecular formula is C16H35NO. The maximum Gasteiger partial charge on any atom is 0.0844 e. The van der Waals surface area contributed by atoms with Crippen molar-refractivity contribution in [1.29, 1.82) is 0 Å². The Morgan fingerprint density at radius 2 is 1.78 bits per heavy atom. The minimum absolute atomic E-state index is 0.551. The lowest BCUT2D eigenvalue weighted by Crippen LogP contribution is -2.20. The zero-order valence-electron chi connectivity index (χ0n) is 13.3. The first-order valence-electron chi connectivity index (χ1n) is 7.45. The monoisotopic (exact) mass is 257 g/mol. The van der Waals surface area contributed by atoms with Crippen LogP contribution in [0.2, 0.25) is 0 Å². The zero-order valence-corrected chi connectivity index (χ0v) is 13.3. The molecule has 0 aliphatic heterocycles. The molecule has 0 fully saturated rings. The van der Waals surface area contributed by atoms with Gasteiger partial charge in [0.25, 0.3) is 0 Å². The van der Waals surface area contributed by atoms with Crippen LogP contribution in [0.5, 0.6) is 0 Å². The predicted molar refractivity (Wildman–Crippen MR) is 82.6 cm³/mol. The molecule has 1 unspecified atom stereocenters. The van der Waals surface area contributed by atoms with E-state index in [2.05, 4.69) is 39.0 Å². The molecule has 0 aromatic carbocycles. The van der Waals surface area contributed by atoms with Gasteiger partial charge in [0.2, 0.25) is 0 Å². The van der Waals surface area contributed by atoms with Crippen molar-refractivity contribution in [2.45, 2.75) is 66.7 Å². The summed E-state index contributed by atoms with van der Waals surface area (Å²) in [6.07, 6.45) is 7.86. The summed E-state index contributed by atoms with van der Waals surface area (Å²) in [5, 5.41) is 0. The third-order valence-electron chi connectivity index (χ3n) is 3.93. The lowest BCUT2D eigenvalue weighted by atomic mass is 9.75. The first-order chi connectivity index (χ1) is 8.53. The van der Waals surface area contributed by atoms with Crippen LogP contribution in [0.4, 0.5) is 0 Å². The summed E-state index contributed by atoms with van der Waals surface area (Å²) in [5.41, 5.74) is 6.16. The molecule has 0 heterocycles. The Morgan fingerprint density at radius 3 is 2.00 bits per heavy atom. The van der Waals surface area contributed by atoms with Crippen LogP contribution in [0.3, 0.4) is 0 Å². The molecule has 0 spiro atoms. The molecule has 18 heavy (non-hydrogen) atoms. The largest absolute Gasteiger partial charge is 0.502 e. The Bertz CT molecular complexity index is 176. The molecule has 110 valence electrons. The second-order valence-electron chi connectivity index (χ2n) is 5.20. The van der Waals surface area contributed by atoms with Crippen LogP contribution in [-0.2, 0) is 4.74 Å². The van der Waals surface area contributed by atoms with Crippen molar-refractivity contribution in [3.63, 3.8) is 0 Å². The van der Waals surface area contributed by atoms with Crippen molar-refractivity contribution in [2.75, 3.05) is 13.2 Å². The maximum atomic E-state index is 5.61. The highest BCUT2D eigenvalue weighted by atomic mass is 16.5. The topological polar surface area (TPSA) is 35.2 Å². The van der Waals surface area contributed by atoms with Gasteiger partial charge in [-0.15, -0.1) is 0 Å². The fourth-order valence-electron chi connectivity index (χ4n) is 2.04. The Morgan fingerprint density at radius 1 is 1.22 bits per heavy atom. The minimum Gasteiger partial charge on any atom is -0.502 e. The van der Waals surface area contributed by atoms with Crippen molar-refractivity contribution in [2.24, 2.45) is 17.1 Å². The van der Waals surface area contributed by atoms with Crippen LogP contribution in [-0.4, -0.2) is 13.2 Å². The Balaban J connectivity index is 0. The van der Waals surface area contributed by atoms with Gasteiger partial charge in [-0.25, -0.2) is 0 Å². The fraction of sp³-hybridized carbons (Fsp3) is 0.875. The van der Waals surface area contributed by atoms with Gasteiger partial charge >= 0.3 is 0 Å². The van der Waals surface area contributed by atoms with Crippen molar-refractivity contribution in [3.8, 4) is 0 Å². The summed E-state index contributed by atoms with van der Waals surface area (Å²) in [6.45, 7) is 16.1. The van der Waals surface area contributed by atoms with Crippen molar-refractivity contribution < 1.29 is 4.74 Å². The van der Waals surface area contributed by atoms with E-state index in [4.69, 9.17) is 5.73 Å². The van der Waals surface area contributed by atoms with Crippen LogP contribution in [0.25, 0.3) is 0 Å². The van der Waals surface area contributed by atoms with Gasteiger partial charge in [0, 0.05) is 0 Å². The average molecular weight is 257 g/mol. The van der Waals surface area contributed by atoms with E-state index in [1.54, 1.807) is 0 Å². The second kappa shape index (κ2) is 12.9. The molecule has 1 atom stereocenters. The van der Waals surface area contributed by atoms with Crippen molar-refractivity contribution in [3.05, 3.63) is 12.8 Å². The van der Waals surface area contributed by atoms with E-state index < -0.39 is 0 Å². The van der Waals surface area contributed by atoms with Crippen LogP contribution < -0.4 is 5.73 Å². The number of hydrogen-bond acceptors (Lipinski definition) is 2. The summed E-state index contributed by atoms with van der Waals surface area (Å²) >= 11 is 0. The van der Waals surface area contributed by atoms with Gasteiger partial charge in [0.15, 0.2) is 0 Å². The molecule has 0 amide bonds. The van der Waals surface area contributed by atoms with E-state index >= 15 is 0 Å². The van der Waals surface area contributed by atoms with E-state index in [-0.39, 0.29) is 0 Å². The lowest BCUT2D eigenvalue weighted by molar-refractivity contribution is 0.211. The Kier molecular flexibility index (Phi) is 14.3. The van der Waals surface area contributed by atoms with Gasteiger partial charge in [0.05, 0.1) is 12.9 Å². The van der Waals surface area contributed by atoms with Crippen LogP contribution in [0.15, 0.2) is 12.8 Å². The normalized spacial score (nSPS) is 12.3. The van der Waals surface area contributed by atoms with E-state index in [1.807, 2.05) is 6.92 Å². The highest BCUT2D eigenvalue weighted by Gasteiger charge is 2.23. The molecule has 0 aliphatic rings. The molecule has 0 aromatic heterocycles. The highest BCUT2D eigenvalue weighted by molar-refractivity contribution is 4.75.